The Morgan fingerprint density at radius 3 is 1.82 bits per heavy atom. The first-order valence-corrected chi connectivity index (χ1v) is 10.1. The van der Waals surface area contributed by atoms with Gasteiger partial charge in [0.2, 0.25) is 0 Å². The van der Waals surface area contributed by atoms with Gasteiger partial charge in [-0.3, -0.25) is 0 Å². The Hall–Kier alpha value is -0.520. The molecule has 0 aromatic carbocycles. The van der Waals surface area contributed by atoms with Crippen LogP contribution in [-0.4, -0.2) is 0 Å². The Balaban J connectivity index is 1.55. The molecule has 0 bridgehead atoms. The third-order valence-electron chi connectivity index (χ3n) is 6.09. The molecule has 2 rings (SSSR count). The molecule has 0 heterocycles. The van der Waals surface area contributed by atoms with Crippen molar-refractivity contribution in [1.82, 2.24) is 0 Å². The lowest BCUT2D eigenvalue weighted by Gasteiger charge is -2.27. The minimum absolute atomic E-state index is 0.884. The van der Waals surface area contributed by atoms with E-state index in [4.69, 9.17) is 0 Å². The molecular formula is C22H38. The fourth-order valence-electron chi connectivity index (χ4n) is 4.64. The predicted molar refractivity (Wildman–Crippen MR) is 99.0 cm³/mol. The quantitative estimate of drug-likeness (QED) is 0.432. The zero-order valence-corrected chi connectivity index (χ0v) is 15.1. The summed E-state index contributed by atoms with van der Waals surface area (Å²) in [6, 6.07) is 0. The molecule has 0 N–H and O–H groups in total. The summed E-state index contributed by atoms with van der Waals surface area (Å²) in [7, 11) is 0. The van der Waals surface area contributed by atoms with Crippen LogP contribution < -0.4 is 0 Å². The minimum Gasteiger partial charge on any atom is -0.0914 e. The molecule has 0 atom stereocenters. The highest BCUT2D eigenvalue weighted by Gasteiger charge is 2.19. The Morgan fingerprint density at radius 1 is 0.727 bits per heavy atom. The molecule has 0 unspecified atom stereocenters. The third-order valence-corrected chi connectivity index (χ3v) is 6.09. The topological polar surface area (TPSA) is 0 Å². The zero-order valence-electron chi connectivity index (χ0n) is 15.1. The zero-order chi connectivity index (χ0) is 15.6. The summed E-state index contributed by atoms with van der Waals surface area (Å²) in [5, 5.41) is 0. The lowest BCUT2D eigenvalue weighted by atomic mass is 9.79. The molecule has 126 valence electrons. The van der Waals surface area contributed by atoms with Gasteiger partial charge in [-0.15, -0.1) is 0 Å². The third kappa shape index (κ3) is 6.31. The van der Waals surface area contributed by atoms with E-state index in [-0.39, 0.29) is 0 Å². The molecule has 2 aliphatic carbocycles. The normalized spacial score (nSPS) is 33.7. The van der Waals surface area contributed by atoms with Crippen LogP contribution in [0.4, 0.5) is 0 Å². The molecule has 2 saturated carbocycles. The van der Waals surface area contributed by atoms with Crippen LogP contribution >= 0.6 is 0 Å². The number of hydrogen-bond donors (Lipinski definition) is 0. The van der Waals surface area contributed by atoms with Gasteiger partial charge in [-0.2, -0.15) is 0 Å². The highest BCUT2D eigenvalue weighted by atomic mass is 14.3. The van der Waals surface area contributed by atoms with E-state index in [9.17, 15) is 0 Å². The second-order valence-electron chi connectivity index (χ2n) is 7.88. The van der Waals surface area contributed by atoms with Crippen molar-refractivity contribution in [1.29, 1.82) is 0 Å². The molecule has 0 nitrogen and oxygen atoms in total. The van der Waals surface area contributed by atoms with Crippen LogP contribution in [0.1, 0.15) is 90.9 Å². The van der Waals surface area contributed by atoms with Crippen LogP contribution in [0.3, 0.4) is 0 Å². The summed E-state index contributed by atoms with van der Waals surface area (Å²) in [5.74, 6) is 3.84. The molecule has 0 heteroatoms. The van der Waals surface area contributed by atoms with E-state index in [1.54, 1.807) is 0 Å². The van der Waals surface area contributed by atoms with Crippen molar-refractivity contribution in [3.05, 3.63) is 24.3 Å². The van der Waals surface area contributed by atoms with Gasteiger partial charge in [-0.25, -0.2) is 0 Å². The molecule has 0 aromatic heterocycles. The van der Waals surface area contributed by atoms with Gasteiger partial charge in [-0.05, 0) is 94.8 Å². The second kappa shape index (κ2) is 10.3. The summed E-state index contributed by atoms with van der Waals surface area (Å²) in [6.07, 6.45) is 27.0. The maximum absolute atomic E-state index is 2.56. The van der Waals surface area contributed by atoms with E-state index in [0.717, 1.165) is 23.7 Å². The number of allylic oxidation sites excluding steroid dienone is 4. The summed E-state index contributed by atoms with van der Waals surface area (Å²) in [4.78, 5) is 0. The van der Waals surface area contributed by atoms with Crippen LogP contribution in [0.15, 0.2) is 24.3 Å². The van der Waals surface area contributed by atoms with Gasteiger partial charge in [0, 0.05) is 0 Å². The van der Waals surface area contributed by atoms with Gasteiger partial charge in [0.15, 0.2) is 0 Å². The molecule has 0 aliphatic heterocycles. The van der Waals surface area contributed by atoms with Gasteiger partial charge in [0.1, 0.15) is 0 Å². The monoisotopic (exact) mass is 302 g/mol. The van der Waals surface area contributed by atoms with Gasteiger partial charge in [0.05, 0.1) is 0 Å². The smallest absolute Gasteiger partial charge is 0.0233 e. The summed E-state index contributed by atoms with van der Waals surface area (Å²) >= 11 is 0. The van der Waals surface area contributed by atoms with Gasteiger partial charge < -0.3 is 0 Å². The lowest BCUT2D eigenvalue weighted by Crippen LogP contribution is -2.13. The molecule has 2 fully saturated rings. The van der Waals surface area contributed by atoms with Crippen LogP contribution in [0.2, 0.25) is 0 Å². The standard InChI is InChI=1S/C22H38/c1-3-7-19-11-15-21(16-12-19)9-5-6-10-22-17-13-20(8-4-2)14-18-22/h3,6-7,10,19-22H,4-5,8-9,11-18H2,1-2H3/b7-3?,10-6+. The average Bonchev–Trinajstić information content (AvgIpc) is 2.55. The van der Waals surface area contributed by atoms with Crippen molar-refractivity contribution < 1.29 is 0 Å². The van der Waals surface area contributed by atoms with Crippen LogP contribution in [-0.2, 0) is 0 Å². The van der Waals surface area contributed by atoms with Crippen LogP contribution in [0.5, 0.6) is 0 Å². The highest BCUT2D eigenvalue weighted by molar-refractivity contribution is 4.92. The SMILES string of the molecule is CC=CC1CCC(CC/C=C/C2CCC(CCC)CC2)CC1. The van der Waals surface area contributed by atoms with Crippen molar-refractivity contribution in [3.8, 4) is 0 Å². The molecular weight excluding hydrogens is 264 g/mol. The van der Waals surface area contributed by atoms with Crippen molar-refractivity contribution in [3.63, 3.8) is 0 Å². The highest BCUT2D eigenvalue weighted by Crippen LogP contribution is 2.34. The van der Waals surface area contributed by atoms with E-state index in [1.807, 2.05) is 0 Å². The first-order chi connectivity index (χ1) is 10.8. The fraction of sp³-hybridized carbons (Fsp3) is 0.818. The molecule has 0 amide bonds. The average molecular weight is 303 g/mol. The second-order valence-corrected chi connectivity index (χ2v) is 7.88. The van der Waals surface area contributed by atoms with E-state index >= 15 is 0 Å². The largest absolute Gasteiger partial charge is 0.0914 e. The molecule has 0 radical (unpaired) electrons. The molecule has 0 saturated heterocycles. The van der Waals surface area contributed by atoms with Gasteiger partial charge in [0.25, 0.3) is 0 Å². The lowest BCUT2D eigenvalue weighted by molar-refractivity contribution is 0.291. The molecule has 0 spiro atoms. The summed E-state index contributed by atoms with van der Waals surface area (Å²) < 4.78 is 0. The Labute approximate surface area is 139 Å². The van der Waals surface area contributed by atoms with E-state index in [2.05, 4.69) is 38.2 Å². The van der Waals surface area contributed by atoms with E-state index in [1.165, 1.54) is 77.0 Å². The van der Waals surface area contributed by atoms with E-state index in [0.29, 0.717) is 0 Å². The van der Waals surface area contributed by atoms with E-state index < -0.39 is 0 Å². The van der Waals surface area contributed by atoms with Crippen molar-refractivity contribution >= 4 is 0 Å². The summed E-state index contributed by atoms with van der Waals surface area (Å²) in [5.41, 5.74) is 0. The Bertz CT molecular complexity index is 322. The van der Waals surface area contributed by atoms with Crippen LogP contribution in [0.25, 0.3) is 0 Å². The first kappa shape index (κ1) is 17.8. The van der Waals surface area contributed by atoms with Crippen molar-refractivity contribution in [2.75, 3.05) is 0 Å². The first-order valence-electron chi connectivity index (χ1n) is 10.1. The van der Waals surface area contributed by atoms with Crippen molar-refractivity contribution in [2.45, 2.75) is 90.9 Å². The fourth-order valence-corrected chi connectivity index (χ4v) is 4.64. The molecule has 22 heavy (non-hydrogen) atoms. The van der Waals surface area contributed by atoms with Gasteiger partial charge in [-0.1, -0.05) is 44.1 Å². The summed E-state index contributed by atoms with van der Waals surface area (Å²) in [6.45, 7) is 4.49. The van der Waals surface area contributed by atoms with Crippen molar-refractivity contribution in [2.24, 2.45) is 23.7 Å². The Kier molecular flexibility index (Phi) is 8.34. The Morgan fingerprint density at radius 2 is 1.27 bits per heavy atom. The minimum atomic E-state index is 0.884. The predicted octanol–water partition coefficient (Wildman–Crippen LogP) is 7.31. The van der Waals surface area contributed by atoms with Gasteiger partial charge >= 0.3 is 0 Å². The van der Waals surface area contributed by atoms with Crippen LogP contribution in [0, 0.1) is 23.7 Å². The maximum atomic E-state index is 2.56. The molecule has 2 aliphatic rings. The number of hydrogen-bond acceptors (Lipinski definition) is 0. The number of rotatable bonds is 7. The molecule has 0 aromatic rings. The maximum Gasteiger partial charge on any atom is -0.0233 e.